The summed E-state index contributed by atoms with van der Waals surface area (Å²) in [6.45, 7) is 3.58. The SMILES string of the molecule is CCCCCNc1nccc(C(=O)NCc2ccc3c(c2)OCO3)n1. The lowest BCUT2D eigenvalue weighted by atomic mass is 10.2. The molecule has 0 saturated carbocycles. The van der Waals surface area contributed by atoms with E-state index in [1.54, 1.807) is 12.3 Å². The van der Waals surface area contributed by atoms with Crippen LogP contribution in [0.5, 0.6) is 11.5 Å². The van der Waals surface area contributed by atoms with Crippen LogP contribution in [-0.2, 0) is 6.54 Å². The van der Waals surface area contributed by atoms with Crippen molar-refractivity contribution in [2.45, 2.75) is 32.7 Å². The molecule has 2 aromatic rings. The van der Waals surface area contributed by atoms with E-state index in [2.05, 4.69) is 27.5 Å². The molecule has 0 bridgehead atoms. The number of rotatable bonds is 8. The van der Waals surface area contributed by atoms with Crippen LogP contribution in [0.25, 0.3) is 0 Å². The molecule has 1 amide bonds. The monoisotopic (exact) mass is 342 g/mol. The van der Waals surface area contributed by atoms with Gasteiger partial charge < -0.3 is 20.1 Å². The van der Waals surface area contributed by atoms with Crippen LogP contribution in [0.15, 0.2) is 30.5 Å². The second-order valence-corrected chi connectivity index (χ2v) is 5.77. The van der Waals surface area contributed by atoms with E-state index >= 15 is 0 Å². The van der Waals surface area contributed by atoms with Gasteiger partial charge in [-0.1, -0.05) is 25.8 Å². The van der Waals surface area contributed by atoms with E-state index in [1.165, 1.54) is 0 Å². The van der Waals surface area contributed by atoms with Crippen LogP contribution in [-0.4, -0.2) is 29.2 Å². The molecule has 0 spiro atoms. The van der Waals surface area contributed by atoms with Gasteiger partial charge in [0.2, 0.25) is 12.7 Å². The van der Waals surface area contributed by atoms with Crippen LogP contribution in [0, 0.1) is 0 Å². The quantitative estimate of drug-likeness (QED) is 0.718. The summed E-state index contributed by atoms with van der Waals surface area (Å²) in [6.07, 6.45) is 4.96. The summed E-state index contributed by atoms with van der Waals surface area (Å²) in [5, 5.41) is 6.00. The third-order valence-corrected chi connectivity index (χ3v) is 3.84. The van der Waals surface area contributed by atoms with Gasteiger partial charge in [-0.3, -0.25) is 4.79 Å². The maximum absolute atomic E-state index is 12.3. The first-order chi connectivity index (χ1) is 12.3. The Morgan fingerprint density at radius 2 is 2.08 bits per heavy atom. The smallest absolute Gasteiger partial charge is 0.270 e. The number of aromatic nitrogens is 2. The molecule has 1 aromatic carbocycles. The molecule has 0 radical (unpaired) electrons. The summed E-state index contributed by atoms with van der Waals surface area (Å²) in [5.41, 5.74) is 1.28. The summed E-state index contributed by atoms with van der Waals surface area (Å²) in [4.78, 5) is 20.7. The number of hydrogen-bond acceptors (Lipinski definition) is 6. The van der Waals surface area contributed by atoms with Gasteiger partial charge in [-0.25, -0.2) is 9.97 Å². The van der Waals surface area contributed by atoms with Crippen molar-refractivity contribution in [1.29, 1.82) is 0 Å². The van der Waals surface area contributed by atoms with Crippen LogP contribution >= 0.6 is 0 Å². The van der Waals surface area contributed by atoms with Crippen LogP contribution in [0.3, 0.4) is 0 Å². The largest absolute Gasteiger partial charge is 0.454 e. The number of benzene rings is 1. The van der Waals surface area contributed by atoms with Gasteiger partial charge in [0, 0.05) is 19.3 Å². The lowest BCUT2D eigenvalue weighted by Gasteiger charge is -2.08. The molecule has 7 heteroatoms. The first kappa shape index (κ1) is 17.0. The third kappa shape index (κ3) is 4.59. The zero-order valence-electron chi connectivity index (χ0n) is 14.2. The van der Waals surface area contributed by atoms with Crippen LogP contribution in [0.2, 0.25) is 0 Å². The molecule has 1 aliphatic heterocycles. The van der Waals surface area contributed by atoms with E-state index in [0.29, 0.717) is 23.9 Å². The topological polar surface area (TPSA) is 85.4 Å². The van der Waals surface area contributed by atoms with Crippen molar-refractivity contribution in [2.75, 3.05) is 18.7 Å². The molecule has 1 aromatic heterocycles. The number of fused-ring (bicyclic) bond motifs is 1. The van der Waals surface area contributed by atoms with Gasteiger partial charge in [-0.05, 0) is 30.2 Å². The van der Waals surface area contributed by atoms with Crippen LogP contribution in [0.1, 0.15) is 42.2 Å². The lowest BCUT2D eigenvalue weighted by molar-refractivity contribution is 0.0946. The van der Waals surface area contributed by atoms with Crippen molar-refractivity contribution in [2.24, 2.45) is 0 Å². The van der Waals surface area contributed by atoms with Gasteiger partial charge in [0.1, 0.15) is 5.69 Å². The Bertz CT molecular complexity index is 736. The van der Waals surface area contributed by atoms with E-state index in [1.807, 2.05) is 18.2 Å². The summed E-state index contributed by atoms with van der Waals surface area (Å²) in [5.74, 6) is 1.67. The van der Waals surface area contributed by atoms with Gasteiger partial charge in [-0.15, -0.1) is 0 Å². The normalized spacial score (nSPS) is 12.0. The minimum atomic E-state index is -0.239. The van der Waals surface area contributed by atoms with Gasteiger partial charge in [0.15, 0.2) is 11.5 Å². The van der Waals surface area contributed by atoms with Crippen molar-refractivity contribution >= 4 is 11.9 Å². The number of hydrogen-bond donors (Lipinski definition) is 2. The fraction of sp³-hybridized carbons (Fsp3) is 0.389. The summed E-state index contributed by atoms with van der Waals surface area (Å²) >= 11 is 0. The number of anilines is 1. The summed E-state index contributed by atoms with van der Waals surface area (Å²) in [6, 6.07) is 7.21. The Balaban J connectivity index is 1.54. The molecule has 0 unspecified atom stereocenters. The number of nitrogens with one attached hydrogen (secondary N) is 2. The highest BCUT2D eigenvalue weighted by Crippen LogP contribution is 2.32. The highest BCUT2D eigenvalue weighted by molar-refractivity contribution is 5.92. The van der Waals surface area contributed by atoms with Crippen LogP contribution in [0.4, 0.5) is 5.95 Å². The molecule has 2 N–H and O–H groups in total. The molecule has 0 aliphatic carbocycles. The Hall–Kier alpha value is -2.83. The van der Waals surface area contributed by atoms with Crippen LogP contribution < -0.4 is 20.1 Å². The Morgan fingerprint density at radius 1 is 1.20 bits per heavy atom. The number of carbonyl (C=O) groups is 1. The number of unbranched alkanes of at least 4 members (excludes halogenated alkanes) is 2. The maximum Gasteiger partial charge on any atom is 0.270 e. The first-order valence-corrected chi connectivity index (χ1v) is 8.50. The second-order valence-electron chi connectivity index (χ2n) is 5.77. The van der Waals surface area contributed by atoms with Gasteiger partial charge >= 0.3 is 0 Å². The fourth-order valence-electron chi connectivity index (χ4n) is 2.47. The van der Waals surface area contributed by atoms with E-state index < -0.39 is 0 Å². The van der Waals surface area contributed by atoms with Crippen molar-refractivity contribution < 1.29 is 14.3 Å². The van der Waals surface area contributed by atoms with Gasteiger partial charge in [0.25, 0.3) is 5.91 Å². The molecule has 0 saturated heterocycles. The minimum Gasteiger partial charge on any atom is -0.454 e. The van der Waals surface area contributed by atoms with Crippen molar-refractivity contribution in [1.82, 2.24) is 15.3 Å². The van der Waals surface area contributed by atoms with Crippen molar-refractivity contribution in [3.63, 3.8) is 0 Å². The highest BCUT2D eigenvalue weighted by Gasteiger charge is 2.14. The summed E-state index contributed by atoms with van der Waals surface area (Å²) in [7, 11) is 0. The van der Waals surface area contributed by atoms with E-state index in [0.717, 1.165) is 37.1 Å². The molecular formula is C18H22N4O3. The predicted octanol–water partition coefficient (Wildman–Crippen LogP) is 2.74. The van der Waals surface area contributed by atoms with Crippen molar-refractivity contribution in [3.8, 4) is 11.5 Å². The molecule has 132 valence electrons. The zero-order chi connectivity index (χ0) is 17.5. The molecular weight excluding hydrogens is 320 g/mol. The average molecular weight is 342 g/mol. The number of carbonyl (C=O) groups excluding carboxylic acids is 1. The minimum absolute atomic E-state index is 0.236. The fourth-order valence-corrected chi connectivity index (χ4v) is 2.47. The highest BCUT2D eigenvalue weighted by atomic mass is 16.7. The molecule has 0 fully saturated rings. The zero-order valence-corrected chi connectivity index (χ0v) is 14.2. The molecule has 3 rings (SSSR count). The molecule has 2 heterocycles. The number of amides is 1. The average Bonchev–Trinajstić information content (AvgIpc) is 3.11. The first-order valence-electron chi connectivity index (χ1n) is 8.50. The maximum atomic E-state index is 12.3. The predicted molar refractivity (Wildman–Crippen MR) is 93.8 cm³/mol. The van der Waals surface area contributed by atoms with Crippen molar-refractivity contribution in [3.05, 3.63) is 41.7 Å². The molecule has 0 atom stereocenters. The van der Waals surface area contributed by atoms with E-state index in [-0.39, 0.29) is 12.7 Å². The van der Waals surface area contributed by atoms with E-state index in [4.69, 9.17) is 9.47 Å². The molecule has 7 nitrogen and oxygen atoms in total. The summed E-state index contributed by atoms with van der Waals surface area (Å²) < 4.78 is 10.6. The van der Waals surface area contributed by atoms with Gasteiger partial charge in [-0.2, -0.15) is 0 Å². The third-order valence-electron chi connectivity index (χ3n) is 3.84. The Morgan fingerprint density at radius 3 is 2.96 bits per heavy atom. The molecule has 25 heavy (non-hydrogen) atoms. The number of nitrogens with zero attached hydrogens (tertiary/aromatic N) is 2. The lowest BCUT2D eigenvalue weighted by Crippen LogP contribution is -2.24. The Kier molecular flexibility index (Phi) is 5.66. The standard InChI is InChI=1S/C18H22N4O3/c1-2-3-4-8-19-18-20-9-7-14(22-18)17(23)21-11-13-5-6-15-16(10-13)25-12-24-15/h5-7,9-10H,2-4,8,11-12H2,1H3,(H,21,23)(H,19,20,22). The second kappa shape index (κ2) is 8.32. The van der Waals surface area contributed by atoms with Gasteiger partial charge in [0.05, 0.1) is 0 Å². The molecule has 1 aliphatic rings. The van der Waals surface area contributed by atoms with E-state index in [9.17, 15) is 4.79 Å². The number of ether oxygens (including phenoxy) is 2. The Labute approximate surface area is 146 Å².